The van der Waals surface area contributed by atoms with Crippen LogP contribution in [-0.4, -0.2) is 37.0 Å². The lowest BCUT2D eigenvalue weighted by molar-refractivity contribution is -0.152. The van der Waals surface area contributed by atoms with Gasteiger partial charge in [0.1, 0.15) is 6.10 Å². The summed E-state index contributed by atoms with van der Waals surface area (Å²) < 4.78 is 10.4. The zero-order valence-corrected chi connectivity index (χ0v) is 20.2. The van der Waals surface area contributed by atoms with Crippen molar-refractivity contribution in [2.75, 3.05) is 19.8 Å². The van der Waals surface area contributed by atoms with E-state index in [9.17, 15) is 4.79 Å². The number of hydrogen-bond donors (Lipinski definition) is 1. The van der Waals surface area contributed by atoms with Crippen LogP contribution in [-0.2, 0) is 14.3 Å². The highest BCUT2D eigenvalue weighted by Crippen LogP contribution is 2.09. The smallest absolute Gasteiger partial charge is 0.303 e. The summed E-state index contributed by atoms with van der Waals surface area (Å²) in [5.74, 6) is -0.383. The maximum absolute atomic E-state index is 10.8. The van der Waals surface area contributed by atoms with Crippen molar-refractivity contribution in [3.63, 3.8) is 0 Å². The van der Waals surface area contributed by atoms with Crippen LogP contribution in [0.4, 0.5) is 0 Å². The second-order valence-electron chi connectivity index (χ2n) is 8.13. The Morgan fingerprint density at radius 1 is 0.774 bits per heavy atom. The lowest BCUT2D eigenvalue weighted by Gasteiger charge is -2.14. The van der Waals surface area contributed by atoms with Gasteiger partial charge < -0.3 is 14.6 Å². The molecule has 4 nitrogen and oxygen atoms in total. The molecule has 0 saturated heterocycles. The van der Waals surface area contributed by atoms with Gasteiger partial charge in [-0.15, -0.1) is 0 Å². The fourth-order valence-electron chi connectivity index (χ4n) is 3.21. The molecule has 0 fully saturated rings. The highest BCUT2D eigenvalue weighted by atomic mass is 16.6. The molecule has 0 spiro atoms. The zero-order valence-electron chi connectivity index (χ0n) is 20.2. The van der Waals surface area contributed by atoms with Crippen molar-refractivity contribution in [1.29, 1.82) is 0 Å². The summed E-state index contributed by atoms with van der Waals surface area (Å²) in [6, 6.07) is 0. The SMILES string of the molecule is CCCCC/C=C\C/C=C\C/C=C\CCCCCCCCCOCC(CO)OC(C)=O. The molecule has 0 saturated carbocycles. The van der Waals surface area contributed by atoms with E-state index in [0.29, 0.717) is 6.61 Å². The number of ether oxygens (including phenoxy) is 2. The van der Waals surface area contributed by atoms with Crippen LogP contribution < -0.4 is 0 Å². The third-order valence-electron chi connectivity index (χ3n) is 5.02. The number of esters is 1. The molecule has 0 aromatic heterocycles. The number of hydrogen-bond acceptors (Lipinski definition) is 4. The van der Waals surface area contributed by atoms with Crippen LogP contribution in [0.3, 0.4) is 0 Å². The van der Waals surface area contributed by atoms with Gasteiger partial charge in [0.05, 0.1) is 13.2 Å². The van der Waals surface area contributed by atoms with E-state index in [1.165, 1.54) is 71.1 Å². The predicted octanol–water partition coefficient (Wildman–Crippen LogP) is 7.08. The summed E-state index contributed by atoms with van der Waals surface area (Å²) in [6.45, 7) is 4.33. The molecule has 0 aliphatic rings. The van der Waals surface area contributed by atoms with Gasteiger partial charge in [-0.3, -0.25) is 4.79 Å². The van der Waals surface area contributed by atoms with Crippen molar-refractivity contribution >= 4 is 5.97 Å². The summed E-state index contributed by atoms with van der Waals surface area (Å²) in [7, 11) is 0. The Morgan fingerprint density at radius 2 is 1.29 bits per heavy atom. The van der Waals surface area contributed by atoms with Gasteiger partial charge in [0.2, 0.25) is 0 Å². The number of carbonyl (C=O) groups is 1. The molecule has 1 N–H and O–H groups in total. The van der Waals surface area contributed by atoms with E-state index in [0.717, 1.165) is 25.7 Å². The van der Waals surface area contributed by atoms with Crippen LogP contribution in [0.25, 0.3) is 0 Å². The lowest BCUT2D eigenvalue weighted by Crippen LogP contribution is -2.26. The molecule has 0 amide bonds. The van der Waals surface area contributed by atoms with Crippen molar-refractivity contribution < 1.29 is 19.4 Å². The van der Waals surface area contributed by atoms with Gasteiger partial charge in [-0.25, -0.2) is 0 Å². The quantitative estimate of drug-likeness (QED) is 0.112. The lowest BCUT2D eigenvalue weighted by atomic mass is 10.1. The van der Waals surface area contributed by atoms with E-state index in [1.807, 2.05) is 0 Å². The Hall–Kier alpha value is -1.39. The fraction of sp³-hybridized carbons (Fsp3) is 0.741. The third-order valence-corrected chi connectivity index (χ3v) is 5.02. The predicted molar refractivity (Wildman–Crippen MR) is 131 cm³/mol. The highest BCUT2D eigenvalue weighted by molar-refractivity contribution is 5.66. The third kappa shape index (κ3) is 24.7. The van der Waals surface area contributed by atoms with Crippen LogP contribution in [0.5, 0.6) is 0 Å². The Labute approximate surface area is 191 Å². The summed E-state index contributed by atoms with van der Waals surface area (Å²) in [4.78, 5) is 10.8. The van der Waals surface area contributed by atoms with Crippen LogP contribution in [0, 0.1) is 0 Å². The second kappa shape index (κ2) is 24.9. The second-order valence-corrected chi connectivity index (χ2v) is 8.13. The van der Waals surface area contributed by atoms with E-state index < -0.39 is 6.10 Å². The van der Waals surface area contributed by atoms with Gasteiger partial charge >= 0.3 is 5.97 Å². The Balaban J connectivity index is 3.32. The minimum atomic E-state index is -0.537. The minimum Gasteiger partial charge on any atom is -0.458 e. The molecule has 0 aliphatic heterocycles. The first-order valence-corrected chi connectivity index (χ1v) is 12.5. The molecule has 31 heavy (non-hydrogen) atoms. The molecule has 0 radical (unpaired) electrons. The number of aliphatic hydroxyl groups is 1. The summed E-state index contributed by atoms with van der Waals surface area (Å²) in [6.07, 6.45) is 30.2. The molecule has 0 rings (SSSR count). The number of allylic oxidation sites excluding steroid dienone is 6. The molecule has 0 aliphatic carbocycles. The van der Waals surface area contributed by atoms with E-state index in [2.05, 4.69) is 43.4 Å². The number of rotatable bonds is 22. The Kier molecular flexibility index (Phi) is 23.8. The standard InChI is InChI=1S/C27H48O4/c1-3-4-5-6-7-8-9-10-11-12-13-14-15-16-17-18-19-20-21-22-23-30-25-27(24-28)31-26(2)29/h7-8,10-11,13-14,27-28H,3-6,9,12,15-25H2,1-2H3/b8-7-,11-10-,14-13-. The molecule has 1 atom stereocenters. The molecule has 1 unspecified atom stereocenters. The van der Waals surface area contributed by atoms with Crippen LogP contribution >= 0.6 is 0 Å². The van der Waals surface area contributed by atoms with Crippen molar-refractivity contribution in [3.05, 3.63) is 36.5 Å². The van der Waals surface area contributed by atoms with Crippen LogP contribution in [0.2, 0.25) is 0 Å². The zero-order chi connectivity index (χ0) is 22.8. The first kappa shape index (κ1) is 29.6. The van der Waals surface area contributed by atoms with Gasteiger partial charge in [-0.2, -0.15) is 0 Å². The molecule has 180 valence electrons. The highest BCUT2D eigenvalue weighted by Gasteiger charge is 2.10. The Morgan fingerprint density at radius 3 is 1.84 bits per heavy atom. The van der Waals surface area contributed by atoms with Gasteiger partial charge in [0.15, 0.2) is 0 Å². The van der Waals surface area contributed by atoms with Crippen molar-refractivity contribution in [2.45, 2.75) is 110 Å². The number of carbonyl (C=O) groups excluding carboxylic acids is 1. The molecular formula is C27H48O4. The van der Waals surface area contributed by atoms with Crippen LogP contribution in [0.15, 0.2) is 36.5 Å². The van der Waals surface area contributed by atoms with Gasteiger partial charge in [-0.1, -0.05) is 88.3 Å². The van der Waals surface area contributed by atoms with Gasteiger partial charge in [0.25, 0.3) is 0 Å². The van der Waals surface area contributed by atoms with Crippen molar-refractivity contribution in [1.82, 2.24) is 0 Å². The first-order chi connectivity index (χ1) is 15.2. The summed E-state index contributed by atoms with van der Waals surface area (Å²) >= 11 is 0. The molecule has 0 aromatic carbocycles. The molecule has 4 heteroatoms. The van der Waals surface area contributed by atoms with E-state index in [-0.39, 0.29) is 19.2 Å². The normalized spacial score (nSPS) is 13.0. The molecule has 0 heterocycles. The first-order valence-electron chi connectivity index (χ1n) is 12.5. The topological polar surface area (TPSA) is 55.8 Å². The van der Waals surface area contributed by atoms with Gasteiger partial charge in [0, 0.05) is 13.5 Å². The maximum atomic E-state index is 10.8. The number of unbranched alkanes of at least 4 members (excludes halogenated alkanes) is 10. The summed E-state index contributed by atoms with van der Waals surface area (Å²) in [5.41, 5.74) is 0. The molecule has 0 bridgehead atoms. The molecular weight excluding hydrogens is 388 g/mol. The maximum Gasteiger partial charge on any atom is 0.303 e. The number of aliphatic hydroxyl groups excluding tert-OH is 1. The average molecular weight is 437 g/mol. The van der Waals surface area contributed by atoms with E-state index in [4.69, 9.17) is 14.6 Å². The monoisotopic (exact) mass is 436 g/mol. The van der Waals surface area contributed by atoms with Crippen molar-refractivity contribution in [3.8, 4) is 0 Å². The average Bonchev–Trinajstić information content (AvgIpc) is 2.76. The summed E-state index contributed by atoms with van der Waals surface area (Å²) in [5, 5.41) is 9.08. The van der Waals surface area contributed by atoms with Crippen molar-refractivity contribution in [2.24, 2.45) is 0 Å². The van der Waals surface area contributed by atoms with Gasteiger partial charge in [-0.05, 0) is 44.9 Å². The van der Waals surface area contributed by atoms with Crippen LogP contribution in [0.1, 0.15) is 104 Å². The molecule has 0 aromatic rings. The van der Waals surface area contributed by atoms with E-state index in [1.54, 1.807) is 0 Å². The van der Waals surface area contributed by atoms with E-state index >= 15 is 0 Å². The fourth-order valence-corrected chi connectivity index (χ4v) is 3.21. The Bertz CT molecular complexity index is 468. The largest absolute Gasteiger partial charge is 0.458 e. The minimum absolute atomic E-state index is 0.192.